The number of rotatable bonds is 5. The van der Waals surface area contributed by atoms with E-state index in [1.165, 1.54) is 37.1 Å². The zero-order valence-electron chi connectivity index (χ0n) is 14.3. The predicted octanol–water partition coefficient (Wildman–Crippen LogP) is 1.78. The predicted molar refractivity (Wildman–Crippen MR) is 102 cm³/mol. The molecule has 2 aromatic carbocycles. The van der Waals surface area contributed by atoms with E-state index in [0.717, 1.165) is 10.6 Å². The molecule has 2 amide bonds. The van der Waals surface area contributed by atoms with Crippen LogP contribution in [-0.4, -0.2) is 32.6 Å². The molecule has 27 heavy (non-hydrogen) atoms. The average molecular weight is 407 g/mol. The number of methoxy groups -OCH3 is 1. The van der Waals surface area contributed by atoms with Crippen molar-refractivity contribution in [3.8, 4) is 5.75 Å². The number of carbonyl (C=O) groups excluding carboxylic acids is 2. The summed E-state index contributed by atoms with van der Waals surface area (Å²) < 4.78 is 28.3. The van der Waals surface area contributed by atoms with Crippen molar-refractivity contribution in [3.05, 3.63) is 42.5 Å². The van der Waals surface area contributed by atoms with Gasteiger partial charge in [-0.25, -0.2) is 13.6 Å². The first-order chi connectivity index (χ1) is 12.8. The number of primary sulfonamides is 1. The normalized spacial score (nSPS) is 16.2. The third kappa shape index (κ3) is 4.41. The molecule has 0 fully saturated rings. The molecule has 1 atom stereocenters. The SMILES string of the molecule is COc1ccc(NC(=O)C[C@H]2Sc3ccccc3NC2=O)cc1S(N)(=O)=O. The van der Waals surface area contributed by atoms with E-state index >= 15 is 0 Å². The van der Waals surface area contributed by atoms with Crippen molar-refractivity contribution in [3.63, 3.8) is 0 Å². The van der Waals surface area contributed by atoms with Crippen LogP contribution in [-0.2, 0) is 19.6 Å². The van der Waals surface area contributed by atoms with Crippen LogP contribution in [0.25, 0.3) is 0 Å². The summed E-state index contributed by atoms with van der Waals surface area (Å²) in [6.07, 6.45) is -0.0679. The van der Waals surface area contributed by atoms with Crippen molar-refractivity contribution < 1.29 is 22.7 Å². The molecule has 10 heteroatoms. The quantitative estimate of drug-likeness (QED) is 0.693. The summed E-state index contributed by atoms with van der Waals surface area (Å²) in [7, 11) is -2.70. The van der Waals surface area contributed by atoms with Crippen LogP contribution in [0.5, 0.6) is 5.75 Å². The number of nitrogens with two attached hydrogens (primary N) is 1. The van der Waals surface area contributed by atoms with Crippen molar-refractivity contribution in [2.75, 3.05) is 17.7 Å². The van der Waals surface area contributed by atoms with Gasteiger partial charge in [0, 0.05) is 17.0 Å². The van der Waals surface area contributed by atoms with Crippen LogP contribution in [0.1, 0.15) is 6.42 Å². The molecule has 0 radical (unpaired) electrons. The summed E-state index contributed by atoms with van der Waals surface area (Å²) in [6.45, 7) is 0. The molecule has 1 heterocycles. The van der Waals surface area contributed by atoms with Gasteiger partial charge in [0.2, 0.25) is 21.8 Å². The third-order valence-corrected chi connectivity index (χ3v) is 6.04. The van der Waals surface area contributed by atoms with Crippen LogP contribution >= 0.6 is 11.8 Å². The van der Waals surface area contributed by atoms with E-state index in [4.69, 9.17) is 9.88 Å². The molecule has 0 bridgehead atoms. The summed E-state index contributed by atoms with van der Waals surface area (Å²) in [5, 5.41) is 9.94. The van der Waals surface area contributed by atoms with Crippen LogP contribution in [0.15, 0.2) is 52.3 Å². The lowest BCUT2D eigenvalue weighted by molar-refractivity contribution is -0.120. The third-order valence-electron chi connectivity index (χ3n) is 3.83. The summed E-state index contributed by atoms with van der Waals surface area (Å²) in [6, 6.07) is 11.4. The molecule has 1 aliphatic heterocycles. The van der Waals surface area contributed by atoms with E-state index in [0.29, 0.717) is 0 Å². The van der Waals surface area contributed by atoms with E-state index in [1.807, 2.05) is 18.2 Å². The highest BCUT2D eigenvalue weighted by Crippen LogP contribution is 2.36. The maximum atomic E-state index is 12.3. The number of benzene rings is 2. The number of para-hydroxylation sites is 1. The molecule has 2 aromatic rings. The Kier molecular flexibility index (Phi) is 5.40. The Hall–Kier alpha value is -2.56. The van der Waals surface area contributed by atoms with Gasteiger partial charge in [0.15, 0.2) is 0 Å². The monoisotopic (exact) mass is 407 g/mol. The number of fused-ring (bicyclic) bond motifs is 1. The molecule has 1 aliphatic rings. The summed E-state index contributed by atoms with van der Waals surface area (Å²) in [5.74, 6) is -0.601. The lowest BCUT2D eigenvalue weighted by Gasteiger charge is -2.23. The summed E-state index contributed by atoms with van der Waals surface area (Å²) in [4.78, 5) is 25.2. The molecule has 8 nitrogen and oxygen atoms in total. The van der Waals surface area contributed by atoms with Crippen molar-refractivity contribution >= 4 is 45.0 Å². The number of sulfonamides is 1. The number of carbonyl (C=O) groups is 2. The highest BCUT2D eigenvalue weighted by molar-refractivity contribution is 8.01. The largest absolute Gasteiger partial charge is 0.495 e. The molecular weight excluding hydrogens is 390 g/mol. The molecule has 0 aliphatic carbocycles. The van der Waals surface area contributed by atoms with Crippen molar-refractivity contribution in [2.45, 2.75) is 21.5 Å². The number of nitrogens with one attached hydrogen (secondary N) is 2. The minimum absolute atomic E-state index is 0.0679. The number of hydrogen-bond acceptors (Lipinski definition) is 6. The fourth-order valence-electron chi connectivity index (χ4n) is 2.58. The minimum Gasteiger partial charge on any atom is -0.495 e. The summed E-state index contributed by atoms with van der Waals surface area (Å²) in [5.41, 5.74) is 0.962. The van der Waals surface area contributed by atoms with E-state index in [1.54, 1.807) is 6.07 Å². The van der Waals surface area contributed by atoms with E-state index < -0.39 is 21.2 Å². The van der Waals surface area contributed by atoms with Gasteiger partial charge in [0.05, 0.1) is 18.0 Å². The molecule has 0 aromatic heterocycles. The Morgan fingerprint density at radius 2 is 2.04 bits per heavy atom. The zero-order valence-corrected chi connectivity index (χ0v) is 15.9. The van der Waals surface area contributed by atoms with Gasteiger partial charge in [-0.15, -0.1) is 11.8 Å². The smallest absolute Gasteiger partial charge is 0.241 e. The second-order valence-electron chi connectivity index (χ2n) is 5.75. The highest BCUT2D eigenvalue weighted by Gasteiger charge is 2.29. The number of hydrogen-bond donors (Lipinski definition) is 3. The number of amides is 2. The van der Waals surface area contributed by atoms with Crippen LogP contribution < -0.4 is 20.5 Å². The Morgan fingerprint density at radius 1 is 1.30 bits per heavy atom. The zero-order chi connectivity index (χ0) is 19.6. The highest BCUT2D eigenvalue weighted by atomic mass is 32.2. The molecule has 3 rings (SSSR count). The second-order valence-corrected chi connectivity index (χ2v) is 8.53. The lowest BCUT2D eigenvalue weighted by atomic mass is 10.2. The van der Waals surface area contributed by atoms with E-state index in [2.05, 4.69) is 10.6 Å². The Bertz CT molecular complexity index is 1010. The van der Waals surface area contributed by atoms with E-state index in [9.17, 15) is 18.0 Å². The lowest BCUT2D eigenvalue weighted by Crippen LogP contribution is -2.32. The van der Waals surface area contributed by atoms with Gasteiger partial charge < -0.3 is 15.4 Å². The Balaban J connectivity index is 1.72. The van der Waals surface area contributed by atoms with Crippen molar-refractivity contribution in [1.82, 2.24) is 0 Å². The maximum absolute atomic E-state index is 12.3. The van der Waals surface area contributed by atoms with Crippen LogP contribution in [0.3, 0.4) is 0 Å². The van der Waals surface area contributed by atoms with Crippen LogP contribution in [0.4, 0.5) is 11.4 Å². The first kappa shape index (κ1) is 19.2. The van der Waals surface area contributed by atoms with Gasteiger partial charge in [-0.1, -0.05) is 12.1 Å². The molecule has 4 N–H and O–H groups in total. The van der Waals surface area contributed by atoms with Gasteiger partial charge in [-0.3, -0.25) is 9.59 Å². The van der Waals surface area contributed by atoms with Gasteiger partial charge in [-0.2, -0.15) is 0 Å². The average Bonchev–Trinajstić information content (AvgIpc) is 2.61. The van der Waals surface area contributed by atoms with E-state index in [-0.39, 0.29) is 28.7 Å². The first-order valence-corrected chi connectivity index (χ1v) is 10.3. The van der Waals surface area contributed by atoms with Gasteiger partial charge in [0.25, 0.3) is 0 Å². The molecule has 0 unspecified atom stereocenters. The number of anilines is 2. The summed E-state index contributed by atoms with van der Waals surface area (Å²) >= 11 is 1.31. The van der Waals surface area contributed by atoms with Crippen molar-refractivity contribution in [1.29, 1.82) is 0 Å². The van der Waals surface area contributed by atoms with Crippen LogP contribution in [0.2, 0.25) is 0 Å². The molecular formula is C17H17N3O5S2. The first-order valence-electron chi connectivity index (χ1n) is 7.85. The minimum atomic E-state index is -4.02. The Labute approximate surface area is 160 Å². The molecule has 0 saturated heterocycles. The van der Waals surface area contributed by atoms with Gasteiger partial charge >= 0.3 is 0 Å². The van der Waals surface area contributed by atoms with Crippen LogP contribution in [0, 0.1) is 0 Å². The Morgan fingerprint density at radius 3 is 2.74 bits per heavy atom. The number of thioether (sulfide) groups is 1. The second kappa shape index (κ2) is 7.59. The molecule has 0 saturated carbocycles. The molecule has 142 valence electrons. The topological polar surface area (TPSA) is 128 Å². The maximum Gasteiger partial charge on any atom is 0.241 e. The number of ether oxygens (including phenoxy) is 1. The van der Waals surface area contributed by atoms with Crippen molar-refractivity contribution in [2.24, 2.45) is 5.14 Å². The fourth-order valence-corrected chi connectivity index (χ4v) is 4.42. The van der Waals surface area contributed by atoms with Gasteiger partial charge in [0.1, 0.15) is 10.6 Å². The fraction of sp³-hybridized carbons (Fsp3) is 0.176. The van der Waals surface area contributed by atoms with Gasteiger partial charge in [-0.05, 0) is 30.3 Å². The molecule has 0 spiro atoms. The standard InChI is InChI=1S/C17H17N3O5S2/c1-25-12-7-6-10(8-15(12)27(18,23)24)19-16(21)9-14-17(22)20-11-4-2-3-5-13(11)26-14/h2-8,14H,9H2,1H3,(H,19,21)(H,20,22)(H2,18,23,24)/t14-/m1/s1.